The fraction of sp³-hybridized carbons (Fsp3) is 0.750. The maximum absolute atomic E-state index is 6.13. The molecule has 0 heterocycles. The molecule has 0 aromatic rings. The van der Waals surface area contributed by atoms with Crippen molar-refractivity contribution in [3.8, 4) is 0 Å². The Hall–Kier alpha value is -0.166. The number of hydrogen-bond donors (Lipinski definition) is 0. The van der Waals surface area contributed by atoms with Gasteiger partial charge < -0.3 is 8.85 Å². The predicted octanol–water partition coefficient (Wildman–Crippen LogP) is 5.22. The minimum atomic E-state index is -1.68. The van der Waals surface area contributed by atoms with Crippen molar-refractivity contribution in [3.05, 3.63) is 22.5 Å². The van der Waals surface area contributed by atoms with Gasteiger partial charge in [-0.05, 0) is 52.9 Å². The minimum absolute atomic E-state index is 0.712. The van der Waals surface area contributed by atoms with Crippen LogP contribution in [0.3, 0.4) is 0 Å². The van der Waals surface area contributed by atoms with Crippen LogP contribution in [0.2, 0.25) is 26.2 Å². The van der Waals surface area contributed by atoms with Crippen molar-refractivity contribution in [3.63, 3.8) is 0 Å². The van der Waals surface area contributed by atoms with Gasteiger partial charge in [0, 0.05) is 0 Å². The SMILES string of the molecule is CC/C=C(\C)[Si](C)(C)OCCO[Si](C)(C)/C(C)=C/CC. The molecule has 0 radical (unpaired) electrons. The van der Waals surface area contributed by atoms with Crippen LogP contribution < -0.4 is 0 Å². The average molecular weight is 315 g/mol. The predicted molar refractivity (Wildman–Crippen MR) is 95.0 cm³/mol. The van der Waals surface area contributed by atoms with Crippen molar-refractivity contribution < 1.29 is 8.85 Å². The van der Waals surface area contributed by atoms with Gasteiger partial charge in [0.2, 0.25) is 16.6 Å². The molecule has 0 aliphatic rings. The molecule has 0 bridgehead atoms. The Morgan fingerprint density at radius 2 is 1.05 bits per heavy atom. The maximum Gasteiger partial charge on any atom is 0.213 e. The molecule has 118 valence electrons. The average Bonchev–Trinajstić information content (AvgIpc) is 2.35. The van der Waals surface area contributed by atoms with Crippen LogP contribution in [0.4, 0.5) is 0 Å². The van der Waals surface area contributed by atoms with Gasteiger partial charge >= 0.3 is 0 Å². The third-order valence-corrected chi connectivity index (χ3v) is 9.99. The van der Waals surface area contributed by atoms with E-state index in [1.165, 1.54) is 10.4 Å². The Morgan fingerprint density at radius 1 is 0.750 bits per heavy atom. The highest BCUT2D eigenvalue weighted by Gasteiger charge is 2.27. The van der Waals surface area contributed by atoms with Crippen molar-refractivity contribution in [2.75, 3.05) is 13.2 Å². The summed E-state index contributed by atoms with van der Waals surface area (Å²) in [7, 11) is -3.37. The van der Waals surface area contributed by atoms with E-state index < -0.39 is 16.6 Å². The summed E-state index contributed by atoms with van der Waals surface area (Å²) in [6.45, 7) is 19.2. The molecule has 0 spiro atoms. The van der Waals surface area contributed by atoms with Crippen molar-refractivity contribution >= 4 is 16.6 Å². The van der Waals surface area contributed by atoms with Crippen LogP contribution in [-0.2, 0) is 8.85 Å². The fourth-order valence-corrected chi connectivity index (χ4v) is 4.96. The van der Waals surface area contributed by atoms with Gasteiger partial charge in [0.05, 0.1) is 13.2 Å². The zero-order valence-corrected chi connectivity index (χ0v) is 16.8. The van der Waals surface area contributed by atoms with Crippen LogP contribution in [0.5, 0.6) is 0 Å². The number of rotatable bonds is 9. The Morgan fingerprint density at radius 3 is 1.30 bits per heavy atom. The van der Waals surface area contributed by atoms with E-state index in [1.54, 1.807) is 0 Å². The van der Waals surface area contributed by atoms with Crippen molar-refractivity contribution in [2.24, 2.45) is 0 Å². The molecule has 2 nitrogen and oxygen atoms in total. The summed E-state index contributed by atoms with van der Waals surface area (Å²) in [5.41, 5.74) is 0. The molecule has 0 saturated carbocycles. The number of allylic oxidation sites excluding steroid dienone is 4. The summed E-state index contributed by atoms with van der Waals surface area (Å²) in [6, 6.07) is 0. The minimum Gasteiger partial charge on any atom is -0.411 e. The van der Waals surface area contributed by atoms with Crippen LogP contribution in [0.25, 0.3) is 0 Å². The fourth-order valence-electron chi connectivity index (χ4n) is 1.93. The van der Waals surface area contributed by atoms with Crippen LogP contribution in [0.15, 0.2) is 22.5 Å². The second kappa shape index (κ2) is 8.98. The summed E-state index contributed by atoms with van der Waals surface area (Å²) in [4.78, 5) is 0. The third-order valence-electron chi connectivity index (χ3n) is 3.93. The quantitative estimate of drug-likeness (QED) is 0.429. The van der Waals surface area contributed by atoms with Gasteiger partial charge in [-0.15, -0.1) is 0 Å². The van der Waals surface area contributed by atoms with E-state index in [4.69, 9.17) is 8.85 Å². The van der Waals surface area contributed by atoms with E-state index in [2.05, 4.69) is 66.0 Å². The van der Waals surface area contributed by atoms with Crippen LogP contribution in [0, 0.1) is 0 Å². The van der Waals surface area contributed by atoms with Crippen molar-refractivity contribution in [2.45, 2.75) is 66.7 Å². The summed E-state index contributed by atoms with van der Waals surface area (Å²) in [5, 5.41) is 2.86. The Labute approximate surface area is 128 Å². The smallest absolute Gasteiger partial charge is 0.213 e. The molecule has 0 amide bonds. The maximum atomic E-state index is 6.13. The highest BCUT2D eigenvalue weighted by molar-refractivity contribution is 6.78. The van der Waals surface area contributed by atoms with E-state index >= 15 is 0 Å². The lowest BCUT2D eigenvalue weighted by atomic mass is 10.4. The second-order valence-corrected chi connectivity index (χ2v) is 14.5. The van der Waals surface area contributed by atoms with E-state index in [1.807, 2.05) is 0 Å². The van der Waals surface area contributed by atoms with Gasteiger partial charge in [-0.25, -0.2) is 0 Å². The summed E-state index contributed by atoms with van der Waals surface area (Å²) in [6.07, 6.45) is 6.76. The van der Waals surface area contributed by atoms with Crippen LogP contribution >= 0.6 is 0 Å². The molecule has 0 aliphatic carbocycles. The van der Waals surface area contributed by atoms with Crippen LogP contribution in [0.1, 0.15) is 40.5 Å². The molecule has 0 aromatic heterocycles. The zero-order chi connectivity index (χ0) is 15.8. The Kier molecular flexibility index (Phi) is 8.90. The first-order valence-electron chi connectivity index (χ1n) is 7.79. The van der Waals surface area contributed by atoms with Gasteiger partial charge in [-0.1, -0.05) is 36.4 Å². The first-order valence-corrected chi connectivity index (χ1v) is 13.6. The summed E-state index contributed by atoms with van der Waals surface area (Å²) < 4.78 is 12.3. The molecular weight excluding hydrogens is 280 g/mol. The van der Waals surface area contributed by atoms with Crippen LogP contribution in [-0.4, -0.2) is 29.8 Å². The normalized spacial score (nSPS) is 14.8. The summed E-state index contributed by atoms with van der Waals surface area (Å²) in [5.74, 6) is 0. The second-order valence-electron chi connectivity index (χ2n) is 6.31. The topological polar surface area (TPSA) is 18.5 Å². The molecule has 0 atom stereocenters. The largest absolute Gasteiger partial charge is 0.411 e. The van der Waals surface area contributed by atoms with E-state index in [0.29, 0.717) is 13.2 Å². The molecule has 0 rings (SSSR count). The Balaban J connectivity index is 4.27. The van der Waals surface area contributed by atoms with E-state index in [0.717, 1.165) is 12.8 Å². The third kappa shape index (κ3) is 7.02. The molecule has 0 N–H and O–H groups in total. The van der Waals surface area contributed by atoms with Gasteiger partial charge in [0.25, 0.3) is 0 Å². The lowest BCUT2D eigenvalue weighted by Crippen LogP contribution is -2.37. The molecular formula is C16H34O2Si2. The van der Waals surface area contributed by atoms with Crippen molar-refractivity contribution in [1.29, 1.82) is 0 Å². The summed E-state index contributed by atoms with van der Waals surface area (Å²) >= 11 is 0. The first-order chi connectivity index (χ1) is 9.17. The Bertz CT molecular complexity index is 310. The lowest BCUT2D eigenvalue weighted by molar-refractivity contribution is 0.209. The van der Waals surface area contributed by atoms with Crippen molar-refractivity contribution in [1.82, 2.24) is 0 Å². The molecule has 0 aromatic carbocycles. The highest BCUT2D eigenvalue weighted by atomic mass is 28.4. The molecule has 4 heteroatoms. The molecule has 0 unspecified atom stereocenters. The van der Waals surface area contributed by atoms with Gasteiger partial charge in [0.15, 0.2) is 0 Å². The zero-order valence-electron chi connectivity index (χ0n) is 14.8. The van der Waals surface area contributed by atoms with Gasteiger partial charge in [-0.2, -0.15) is 0 Å². The molecule has 0 fully saturated rings. The molecule has 20 heavy (non-hydrogen) atoms. The van der Waals surface area contributed by atoms with E-state index in [9.17, 15) is 0 Å². The number of hydrogen-bond acceptors (Lipinski definition) is 2. The molecule has 0 saturated heterocycles. The first kappa shape index (κ1) is 19.8. The van der Waals surface area contributed by atoms with E-state index in [-0.39, 0.29) is 0 Å². The molecule has 0 aliphatic heterocycles. The highest BCUT2D eigenvalue weighted by Crippen LogP contribution is 2.18. The van der Waals surface area contributed by atoms with Gasteiger partial charge in [0.1, 0.15) is 0 Å². The monoisotopic (exact) mass is 314 g/mol. The standard InChI is InChI=1S/C16H34O2Si2/c1-9-11-15(3)19(5,6)17-13-14-18-20(7,8)16(4)12-10-2/h11-12H,9-10,13-14H2,1-8H3/b15-11+,16-12+. The van der Waals surface area contributed by atoms with Gasteiger partial charge in [-0.3, -0.25) is 0 Å². The lowest BCUT2D eigenvalue weighted by Gasteiger charge is -2.27.